The van der Waals surface area contributed by atoms with Crippen LogP contribution in [0.15, 0.2) is 18.2 Å². The number of aryl methyl sites for hydroxylation is 1. The molecule has 6 nitrogen and oxygen atoms in total. The van der Waals surface area contributed by atoms with E-state index in [2.05, 4.69) is 31.7 Å². The van der Waals surface area contributed by atoms with Gasteiger partial charge in [-0.05, 0) is 36.6 Å². The van der Waals surface area contributed by atoms with Crippen molar-refractivity contribution in [2.24, 2.45) is 0 Å². The highest BCUT2D eigenvalue weighted by molar-refractivity contribution is 6.28. The third-order valence-corrected chi connectivity index (χ3v) is 2.94. The lowest BCUT2D eigenvalue weighted by molar-refractivity contribution is 0.940. The van der Waals surface area contributed by atoms with Gasteiger partial charge in [0.2, 0.25) is 17.2 Å². The molecule has 108 valence electrons. The van der Waals surface area contributed by atoms with E-state index >= 15 is 0 Å². The summed E-state index contributed by atoms with van der Waals surface area (Å²) in [5.74, 6) is 0.709. The molecule has 0 unspecified atom stereocenters. The Kier molecular flexibility index (Phi) is 4.90. The lowest BCUT2D eigenvalue weighted by Gasteiger charge is -2.10. The number of nitrogens with one attached hydrogen (secondary N) is 2. The summed E-state index contributed by atoms with van der Waals surface area (Å²) in [6, 6.07) is 7.69. The Bertz CT molecular complexity index is 680. The van der Waals surface area contributed by atoms with E-state index in [-0.39, 0.29) is 5.28 Å². The largest absolute Gasteiger partial charge is 0.354 e. The van der Waals surface area contributed by atoms with Crippen LogP contribution in [0.2, 0.25) is 5.28 Å². The molecule has 0 amide bonds. The van der Waals surface area contributed by atoms with Crippen molar-refractivity contribution < 1.29 is 0 Å². The number of rotatable bonds is 5. The first-order valence-electron chi connectivity index (χ1n) is 6.56. The van der Waals surface area contributed by atoms with Crippen LogP contribution in [-0.4, -0.2) is 21.5 Å². The third-order valence-electron chi connectivity index (χ3n) is 2.77. The zero-order valence-corrected chi connectivity index (χ0v) is 12.6. The molecule has 1 heterocycles. The summed E-state index contributed by atoms with van der Waals surface area (Å²) in [4.78, 5) is 12.3. The van der Waals surface area contributed by atoms with E-state index in [1.54, 1.807) is 6.07 Å². The summed E-state index contributed by atoms with van der Waals surface area (Å²) in [5.41, 5.74) is 2.07. The summed E-state index contributed by atoms with van der Waals surface area (Å²) >= 11 is 5.89. The van der Waals surface area contributed by atoms with Gasteiger partial charge in [0, 0.05) is 6.54 Å². The first-order chi connectivity index (χ1) is 10.1. The molecule has 1 aromatic heterocycles. The molecule has 0 spiro atoms. The van der Waals surface area contributed by atoms with Gasteiger partial charge < -0.3 is 10.6 Å². The van der Waals surface area contributed by atoms with Crippen molar-refractivity contribution in [3.8, 4) is 6.07 Å². The predicted octanol–water partition coefficient (Wildman–Crippen LogP) is 3.27. The molecule has 21 heavy (non-hydrogen) atoms. The van der Waals surface area contributed by atoms with Gasteiger partial charge in [0.15, 0.2) is 0 Å². The Morgan fingerprint density at radius 1 is 1.24 bits per heavy atom. The number of aromatic nitrogens is 3. The molecule has 7 heteroatoms. The van der Waals surface area contributed by atoms with E-state index < -0.39 is 0 Å². The summed E-state index contributed by atoms with van der Waals surface area (Å²) in [7, 11) is 0. The van der Waals surface area contributed by atoms with Gasteiger partial charge in [0.25, 0.3) is 0 Å². The fourth-order valence-electron chi connectivity index (χ4n) is 1.76. The molecule has 0 aliphatic rings. The Balaban J connectivity index is 2.30. The molecule has 0 fully saturated rings. The Labute approximate surface area is 128 Å². The van der Waals surface area contributed by atoms with Crippen LogP contribution in [0.5, 0.6) is 0 Å². The molecule has 0 saturated heterocycles. The minimum absolute atomic E-state index is 0.0947. The van der Waals surface area contributed by atoms with Gasteiger partial charge in [0.1, 0.15) is 6.07 Å². The Morgan fingerprint density at radius 3 is 2.71 bits per heavy atom. The van der Waals surface area contributed by atoms with Crippen LogP contribution in [0.3, 0.4) is 0 Å². The van der Waals surface area contributed by atoms with E-state index in [4.69, 9.17) is 11.6 Å². The quantitative estimate of drug-likeness (QED) is 0.881. The second-order valence-electron chi connectivity index (χ2n) is 4.41. The smallest absolute Gasteiger partial charge is 0.233 e. The SMILES string of the molecule is CCCNc1nc(Cl)nc(Nc2cccc(C)c2C#N)n1. The molecule has 1 aromatic carbocycles. The van der Waals surface area contributed by atoms with Crippen molar-refractivity contribution in [2.45, 2.75) is 20.3 Å². The first kappa shape index (κ1) is 15.0. The van der Waals surface area contributed by atoms with Crippen molar-refractivity contribution in [3.63, 3.8) is 0 Å². The average molecular weight is 303 g/mol. The van der Waals surface area contributed by atoms with Crippen LogP contribution >= 0.6 is 11.6 Å². The molecule has 0 saturated carbocycles. The summed E-state index contributed by atoms with van der Waals surface area (Å²) < 4.78 is 0. The first-order valence-corrected chi connectivity index (χ1v) is 6.94. The van der Waals surface area contributed by atoms with Crippen LogP contribution in [0.1, 0.15) is 24.5 Å². The minimum atomic E-state index is 0.0947. The number of anilines is 3. The molecular weight excluding hydrogens is 288 g/mol. The number of halogens is 1. The van der Waals surface area contributed by atoms with Crippen molar-refractivity contribution in [1.82, 2.24) is 15.0 Å². The van der Waals surface area contributed by atoms with Gasteiger partial charge in [-0.15, -0.1) is 0 Å². The van der Waals surface area contributed by atoms with Crippen molar-refractivity contribution in [3.05, 3.63) is 34.6 Å². The van der Waals surface area contributed by atoms with Crippen molar-refractivity contribution in [1.29, 1.82) is 5.26 Å². The van der Waals surface area contributed by atoms with Gasteiger partial charge in [-0.1, -0.05) is 19.1 Å². The average Bonchev–Trinajstić information content (AvgIpc) is 2.45. The maximum absolute atomic E-state index is 9.22. The van der Waals surface area contributed by atoms with Crippen LogP contribution in [0.25, 0.3) is 0 Å². The number of benzene rings is 1. The highest BCUT2D eigenvalue weighted by atomic mass is 35.5. The highest BCUT2D eigenvalue weighted by Crippen LogP contribution is 2.22. The van der Waals surface area contributed by atoms with E-state index in [1.165, 1.54) is 0 Å². The van der Waals surface area contributed by atoms with Crippen molar-refractivity contribution in [2.75, 3.05) is 17.2 Å². The van der Waals surface area contributed by atoms with Gasteiger partial charge >= 0.3 is 0 Å². The Morgan fingerprint density at radius 2 is 2.00 bits per heavy atom. The highest BCUT2D eigenvalue weighted by Gasteiger charge is 2.09. The maximum Gasteiger partial charge on any atom is 0.233 e. The summed E-state index contributed by atoms with van der Waals surface area (Å²) in [6.45, 7) is 4.66. The zero-order valence-electron chi connectivity index (χ0n) is 11.8. The third kappa shape index (κ3) is 3.80. The molecular formula is C14H15ClN6. The number of hydrogen-bond acceptors (Lipinski definition) is 6. The molecule has 0 aliphatic heterocycles. The maximum atomic E-state index is 9.22. The fourth-order valence-corrected chi connectivity index (χ4v) is 1.92. The van der Waals surface area contributed by atoms with E-state index in [1.807, 2.05) is 26.0 Å². The number of hydrogen-bond donors (Lipinski definition) is 2. The predicted molar refractivity (Wildman–Crippen MR) is 82.8 cm³/mol. The molecule has 0 aliphatic carbocycles. The topological polar surface area (TPSA) is 86.5 Å². The number of nitrogens with zero attached hydrogens (tertiary/aromatic N) is 4. The molecule has 0 atom stereocenters. The van der Waals surface area contributed by atoms with E-state index in [0.29, 0.717) is 23.1 Å². The minimum Gasteiger partial charge on any atom is -0.354 e. The molecule has 0 bridgehead atoms. The van der Waals surface area contributed by atoms with Crippen LogP contribution in [0, 0.1) is 18.3 Å². The second kappa shape index (κ2) is 6.86. The van der Waals surface area contributed by atoms with Gasteiger partial charge in [0.05, 0.1) is 11.3 Å². The second-order valence-corrected chi connectivity index (χ2v) is 4.75. The van der Waals surface area contributed by atoms with Crippen LogP contribution in [-0.2, 0) is 0 Å². The molecule has 2 aromatic rings. The van der Waals surface area contributed by atoms with Crippen LogP contribution in [0.4, 0.5) is 17.6 Å². The standard InChI is InChI=1S/C14H15ClN6/c1-3-7-17-13-19-12(15)20-14(21-13)18-11-6-4-5-9(2)10(11)8-16/h4-6H,3,7H2,1-2H3,(H2,17,18,19,20,21). The van der Waals surface area contributed by atoms with E-state index in [0.717, 1.165) is 18.5 Å². The molecule has 0 radical (unpaired) electrons. The summed E-state index contributed by atoms with van der Waals surface area (Å²) in [6.07, 6.45) is 0.947. The summed E-state index contributed by atoms with van der Waals surface area (Å²) in [5, 5.41) is 15.4. The normalized spacial score (nSPS) is 10.0. The Hall–Kier alpha value is -2.39. The molecule has 2 rings (SSSR count). The lowest BCUT2D eigenvalue weighted by atomic mass is 10.1. The van der Waals surface area contributed by atoms with Gasteiger partial charge in [-0.3, -0.25) is 0 Å². The van der Waals surface area contributed by atoms with Gasteiger partial charge in [-0.25, -0.2) is 0 Å². The molecule has 2 N–H and O–H groups in total. The monoisotopic (exact) mass is 302 g/mol. The van der Waals surface area contributed by atoms with Crippen LogP contribution < -0.4 is 10.6 Å². The fraction of sp³-hybridized carbons (Fsp3) is 0.286. The van der Waals surface area contributed by atoms with Gasteiger partial charge in [-0.2, -0.15) is 20.2 Å². The lowest BCUT2D eigenvalue weighted by Crippen LogP contribution is -2.08. The van der Waals surface area contributed by atoms with E-state index in [9.17, 15) is 5.26 Å². The number of nitriles is 1. The zero-order chi connectivity index (χ0) is 15.2. The van der Waals surface area contributed by atoms with Crippen molar-refractivity contribution >= 4 is 29.2 Å².